The maximum atomic E-state index is 12.3. The third-order valence-electron chi connectivity index (χ3n) is 1.84. The van der Waals surface area contributed by atoms with Crippen LogP contribution in [0.1, 0.15) is 13.8 Å². The Bertz CT molecular complexity index is 305. The summed E-state index contributed by atoms with van der Waals surface area (Å²) in [6.45, 7) is -0.431. The largest absolute Gasteiger partial charge is 0.509 e. The third kappa shape index (κ3) is 3.85. The first-order valence-electron chi connectivity index (χ1n) is 4.82. The fourth-order valence-corrected chi connectivity index (χ4v) is 1.05. The van der Waals surface area contributed by atoms with Crippen molar-refractivity contribution in [2.24, 2.45) is 5.92 Å². The van der Waals surface area contributed by atoms with Crippen molar-refractivity contribution in [1.29, 1.82) is 0 Å². The third-order valence-corrected chi connectivity index (χ3v) is 1.84. The number of hydrogen-bond donors (Lipinski definition) is 0. The van der Waals surface area contributed by atoms with Crippen LogP contribution < -0.4 is 10.2 Å². The Morgan fingerprint density at radius 1 is 1.13 bits per heavy atom. The molecule has 0 fully saturated rings. The standard InChI is InChI=1S/C10H13BF3O/c1-8(2)7-15-10-5-3-9(4-6-10)11(12,13)14/h3-6,8H,7H2,1-2H3/q-1. The normalized spacial score (nSPS) is 11.9. The van der Waals surface area contributed by atoms with Crippen LogP contribution in [0.25, 0.3) is 0 Å². The van der Waals surface area contributed by atoms with Gasteiger partial charge < -0.3 is 17.7 Å². The summed E-state index contributed by atoms with van der Waals surface area (Å²) in [6.07, 6.45) is 0. The van der Waals surface area contributed by atoms with E-state index in [1.54, 1.807) is 0 Å². The highest BCUT2D eigenvalue weighted by Crippen LogP contribution is 2.14. The van der Waals surface area contributed by atoms with Crippen LogP contribution in [-0.4, -0.2) is 13.6 Å². The van der Waals surface area contributed by atoms with Crippen molar-refractivity contribution in [3.8, 4) is 5.75 Å². The lowest BCUT2D eigenvalue weighted by molar-refractivity contribution is 0.271. The van der Waals surface area contributed by atoms with Crippen LogP contribution >= 0.6 is 0 Å². The summed E-state index contributed by atoms with van der Waals surface area (Å²) in [4.78, 5) is 0. The summed E-state index contributed by atoms with van der Waals surface area (Å²) in [7, 11) is 0. The number of ether oxygens (including phenoxy) is 1. The average Bonchev–Trinajstić information content (AvgIpc) is 2.14. The summed E-state index contributed by atoms with van der Waals surface area (Å²) >= 11 is 0. The van der Waals surface area contributed by atoms with Gasteiger partial charge in [-0.25, -0.2) is 0 Å². The highest BCUT2D eigenvalue weighted by Gasteiger charge is 2.24. The molecule has 0 saturated heterocycles. The highest BCUT2D eigenvalue weighted by atomic mass is 19.4. The predicted molar refractivity (Wildman–Crippen MR) is 55.5 cm³/mol. The van der Waals surface area contributed by atoms with Gasteiger partial charge in [-0.05, 0) is 18.1 Å². The number of benzene rings is 1. The Hall–Kier alpha value is -1.13. The van der Waals surface area contributed by atoms with Crippen LogP contribution in [0, 0.1) is 5.92 Å². The van der Waals surface area contributed by atoms with Gasteiger partial charge in [0.15, 0.2) is 0 Å². The van der Waals surface area contributed by atoms with Gasteiger partial charge in [-0.3, -0.25) is 0 Å². The summed E-state index contributed by atoms with van der Waals surface area (Å²) in [5, 5.41) is 0. The molecular formula is C10H13BF3O-. The second-order valence-corrected chi connectivity index (χ2v) is 3.85. The highest BCUT2D eigenvalue weighted by molar-refractivity contribution is 6.73. The van der Waals surface area contributed by atoms with Crippen LogP contribution in [0.5, 0.6) is 5.75 Å². The second kappa shape index (κ2) is 4.60. The minimum absolute atomic E-state index is 0.358. The SMILES string of the molecule is CC(C)COc1ccc([B-](F)(F)F)cc1. The van der Waals surface area contributed by atoms with Crippen molar-refractivity contribution in [2.75, 3.05) is 6.61 Å². The molecule has 0 aromatic heterocycles. The molecule has 0 aliphatic carbocycles. The van der Waals surface area contributed by atoms with E-state index >= 15 is 0 Å². The van der Waals surface area contributed by atoms with Crippen LogP contribution in [0.3, 0.4) is 0 Å². The fourth-order valence-electron chi connectivity index (χ4n) is 1.05. The van der Waals surface area contributed by atoms with E-state index in [1.165, 1.54) is 12.1 Å². The van der Waals surface area contributed by atoms with Gasteiger partial charge in [0.05, 0.1) is 6.61 Å². The lowest BCUT2D eigenvalue weighted by atomic mass is 9.80. The molecule has 1 aromatic carbocycles. The molecule has 84 valence electrons. The molecule has 0 atom stereocenters. The molecule has 0 amide bonds. The molecule has 0 saturated carbocycles. The van der Waals surface area contributed by atoms with Gasteiger partial charge in [-0.1, -0.05) is 26.0 Å². The summed E-state index contributed by atoms with van der Waals surface area (Å²) in [5.41, 5.74) is -0.591. The minimum Gasteiger partial charge on any atom is -0.493 e. The quantitative estimate of drug-likeness (QED) is 0.704. The van der Waals surface area contributed by atoms with Crippen LogP contribution in [0.4, 0.5) is 12.9 Å². The molecule has 0 unspecified atom stereocenters. The molecule has 0 heterocycles. The average molecular weight is 217 g/mol. The minimum atomic E-state index is -4.90. The first kappa shape index (κ1) is 11.9. The molecule has 0 radical (unpaired) electrons. The second-order valence-electron chi connectivity index (χ2n) is 3.85. The van der Waals surface area contributed by atoms with E-state index in [1.807, 2.05) is 13.8 Å². The Kier molecular flexibility index (Phi) is 3.66. The first-order valence-corrected chi connectivity index (χ1v) is 4.82. The maximum Gasteiger partial charge on any atom is 0.509 e. The molecule has 0 spiro atoms. The number of halogens is 3. The van der Waals surface area contributed by atoms with Gasteiger partial charge in [0.25, 0.3) is 0 Å². The van der Waals surface area contributed by atoms with E-state index in [9.17, 15) is 12.9 Å². The van der Waals surface area contributed by atoms with E-state index < -0.39 is 12.4 Å². The van der Waals surface area contributed by atoms with Gasteiger partial charge in [0.1, 0.15) is 5.75 Å². The van der Waals surface area contributed by atoms with Gasteiger partial charge >= 0.3 is 6.98 Å². The first-order chi connectivity index (χ1) is 6.89. The van der Waals surface area contributed by atoms with Crippen molar-refractivity contribution in [3.63, 3.8) is 0 Å². The van der Waals surface area contributed by atoms with Crippen LogP contribution in [0.2, 0.25) is 0 Å². The zero-order chi connectivity index (χ0) is 11.5. The molecule has 1 rings (SSSR count). The topological polar surface area (TPSA) is 9.23 Å². The van der Waals surface area contributed by atoms with E-state index in [0.29, 0.717) is 18.3 Å². The van der Waals surface area contributed by atoms with Crippen molar-refractivity contribution < 1.29 is 17.7 Å². The van der Waals surface area contributed by atoms with Gasteiger partial charge in [0.2, 0.25) is 0 Å². The Balaban J connectivity index is 2.65. The Morgan fingerprint density at radius 2 is 1.67 bits per heavy atom. The van der Waals surface area contributed by atoms with Crippen LogP contribution in [0.15, 0.2) is 24.3 Å². The number of hydrogen-bond acceptors (Lipinski definition) is 1. The van der Waals surface area contributed by atoms with E-state index in [-0.39, 0.29) is 0 Å². The maximum absolute atomic E-state index is 12.3. The summed E-state index contributed by atoms with van der Waals surface area (Å²) in [6, 6.07) is 4.81. The zero-order valence-electron chi connectivity index (χ0n) is 8.71. The lowest BCUT2D eigenvalue weighted by Crippen LogP contribution is -2.33. The number of rotatable bonds is 4. The smallest absolute Gasteiger partial charge is 0.493 e. The Morgan fingerprint density at radius 3 is 2.07 bits per heavy atom. The molecule has 1 aromatic rings. The van der Waals surface area contributed by atoms with Crippen molar-refractivity contribution >= 4 is 12.4 Å². The summed E-state index contributed by atoms with van der Waals surface area (Å²) in [5.74, 6) is 0.837. The monoisotopic (exact) mass is 217 g/mol. The molecular weight excluding hydrogens is 204 g/mol. The van der Waals surface area contributed by atoms with Crippen LogP contribution in [-0.2, 0) is 0 Å². The van der Waals surface area contributed by atoms with E-state index in [0.717, 1.165) is 12.1 Å². The summed E-state index contributed by atoms with van der Waals surface area (Å²) < 4.78 is 42.0. The fraction of sp³-hybridized carbons (Fsp3) is 0.400. The zero-order valence-corrected chi connectivity index (χ0v) is 8.71. The molecule has 0 aliphatic heterocycles. The van der Waals surface area contributed by atoms with Gasteiger partial charge in [-0.2, -0.15) is 0 Å². The van der Waals surface area contributed by atoms with Crippen molar-refractivity contribution in [3.05, 3.63) is 24.3 Å². The van der Waals surface area contributed by atoms with E-state index in [2.05, 4.69) is 0 Å². The van der Waals surface area contributed by atoms with E-state index in [4.69, 9.17) is 4.74 Å². The van der Waals surface area contributed by atoms with Crippen molar-refractivity contribution in [1.82, 2.24) is 0 Å². The van der Waals surface area contributed by atoms with Gasteiger partial charge in [0, 0.05) is 0 Å². The van der Waals surface area contributed by atoms with Gasteiger partial charge in [-0.15, -0.1) is 5.46 Å². The molecule has 15 heavy (non-hydrogen) atoms. The Labute approximate surface area is 87.3 Å². The molecule has 0 bridgehead atoms. The molecule has 0 N–H and O–H groups in total. The molecule has 0 aliphatic rings. The van der Waals surface area contributed by atoms with Crippen molar-refractivity contribution in [2.45, 2.75) is 13.8 Å². The lowest BCUT2D eigenvalue weighted by Gasteiger charge is -2.15. The molecule has 5 heteroatoms. The molecule has 1 nitrogen and oxygen atoms in total. The predicted octanol–water partition coefficient (Wildman–Crippen LogP) is 2.78.